The van der Waals surface area contributed by atoms with Gasteiger partial charge in [-0.3, -0.25) is 14.5 Å². The van der Waals surface area contributed by atoms with Crippen LogP contribution in [0.4, 0.5) is 14.9 Å². The summed E-state index contributed by atoms with van der Waals surface area (Å²) in [5.41, 5.74) is -0.295. The molecule has 1 aliphatic heterocycles. The molecule has 0 spiro atoms. The van der Waals surface area contributed by atoms with E-state index in [1.54, 1.807) is 12.1 Å². The van der Waals surface area contributed by atoms with Gasteiger partial charge < -0.3 is 10.6 Å². The van der Waals surface area contributed by atoms with Crippen LogP contribution in [0, 0.1) is 9.39 Å². The number of rotatable bonds is 4. The summed E-state index contributed by atoms with van der Waals surface area (Å²) in [6, 6.07) is 11.8. The number of halogens is 2. The predicted octanol–water partition coefficient (Wildman–Crippen LogP) is 2.84. The molecule has 1 aliphatic rings. The van der Waals surface area contributed by atoms with Crippen LogP contribution in [0.2, 0.25) is 0 Å². The highest BCUT2D eigenvalue weighted by atomic mass is 127. The summed E-state index contributed by atoms with van der Waals surface area (Å²) in [6.07, 6.45) is 0. The maximum Gasteiger partial charge on any atom is 0.325 e. The first-order chi connectivity index (χ1) is 12.3. The molecule has 0 aromatic heterocycles. The summed E-state index contributed by atoms with van der Waals surface area (Å²) in [7, 11) is 0. The number of carbonyl (C=O) groups is 3. The van der Waals surface area contributed by atoms with Gasteiger partial charge in [-0.05, 0) is 59.3 Å². The van der Waals surface area contributed by atoms with Crippen LogP contribution < -0.4 is 10.6 Å². The first-order valence-electron chi connectivity index (χ1n) is 7.76. The maximum atomic E-state index is 13.1. The van der Waals surface area contributed by atoms with E-state index >= 15 is 0 Å². The molecule has 6 nitrogen and oxygen atoms in total. The zero-order valence-electron chi connectivity index (χ0n) is 13.8. The van der Waals surface area contributed by atoms with E-state index in [4.69, 9.17) is 0 Å². The summed E-state index contributed by atoms with van der Waals surface area (Å²) in [5.74, 6) is -1.49. The number of benzene rings is 2. The highest BCUT2D eigenvalue weighted by molar-refractivity contribution is 14.1. The van der Waals surface area contributed by atoms with Gasteiger partial charge in [0.2, 0.25) is 5.91 Å². The topological polar surface area (TPSA) is 78.5 Å². The Morgan fingerprint density at radius 1 is 1.19 bits per heavy atom. The molecule has 1 heterocycles. The lowest BCUT2D eigenvalue weighted by atomic mass is 9.92. The van der Waals surface area contributed by atoms with Gasteiger partial charge in [-0.1, -0.05) is 24.3 Å². The van der Waals surface area contributed by atoms with Gasteiger partial charge in [0.1, 0.15) is 17.9 Å². The molecule has 3 rings (SSSR count). The molecule has 1 fully saturated rings. The Morgan fingerprint density at radius 3 is 2.50 bits per heavy atom. The lowest BCUT2D eigenvalue weighted by molar-refractivity contribution is -0.133. The van der Waals surface area contributed by atoms with E-state index < -0.39 is 35.7 Å². The highest BCUT2D eigenvalue weighted by Gasteiger charge is 2.49. The van der Waals surface area contributed by atoms with Crippen molar-refractivity contribution in [3.05, 3.63) is 63.5 Å². The van der Waals surface area contributed by atoms with Gasteiger partial charge in [0, 0.05) is 3.57 Å². The standard InChI is InChI=1S/C18H15FIN3O3/c1-18(11-6-8-12(19)9-7-11)16(25)23(17(26)22-18)10-15(24)21-14-5-3-2-4-13(14)20/h2-9H,10H2,1H3,(H,21,24)(H,22,26). The van der Waals surface area contributed by atoms with Crippen LogP contribution in [0.25, 0.3) is 0 Å². The second kappa shape index (κ2) is 7.02. The van der Waals surface area contributed by atoms with Crippen LogP contribution in [0.3, 0.4) is 0 Å². The number of nitrogens with one attached hydrogen (secondary N) is 2. The molecule has 1 atom stereocenters. The van der Waals surface area contributed by atoms with E-state index in [2.05, 4.69) is 33.2 Å². The summed E-state index contributed by atoms with van der Waals surface area (Å²) < 4.78 is 14.0. The molecule has 0 saturated carbocycles. The Balaban J connectivity index is 1.76. The second-order valence-corrected chi connectivity index (χ2v) is 7.14. The zero-order chi connectivity index (χ0) is 18.9. The second-order valence-electron chi connectivity index (χ2n) is 5.98. The molecule has 26 heavy (non-hydrogen) atoms. The van der Waals surface area contributed by atoms with Gasteiger partial charge in [-0.15, -0.1) is 0 Å². The quantitative estimate of drug-likeness (QED) is 0.537. The predicted molar refractivity (Wildman–Crippen MR) is 102 cm³/mol. The van der Waals surface area contributed by atoms with Crippen molar-refractivity contribution in [2.45, 2.75) is 12.5 Å². The fourth-order valence-corrected chi connectivity index (χ4v) is 3.24. The molecule has 0 bridgehead atoms. The van der Waals surface area contributed by atoms with Gasteiger partial charge in [-0.2, -0.15) is 0 Å². The average molecular weight is 467 g/mol. The minimum Gasteiger partial charge on any atom is -0.324 e. The minimum atomic E-state index is -1.34. The van der Waals surface area contributed by atoms with Crippen LogP contribution in [0.15, 0.2) is 48.5 Å². The molecule has 8 heteroatoms. The maximum absolute atomic E-state index is 13.1. The number of anilines is 1. The van der Waals surface area contributed by atoms with E-state index in [-0.39, 0.29) is 0 Å². The smallest absolute Gasteiger partial charge is 0.324 e. The van der Waals surface area contributed by atoms with Crippen molar-refractivity contribution < 1.29 is 18.8 Å². The van der Waals surface area contributed by atoms with Crippen molar-refractivity contribution in [2.24, 2.45) is 0 Å². The van der Waals surface area contributed by atoms with Crippen LogP contribution in [-0.2, 0) is 15.1 Å². The lowest BCUT2D eigenvalue weighted by Crippen LogP contribution is -2.42. The molecule has 2 aromatic carbocycles. The average Bonchev–Trinajstić information content (AvgIpc) is 2.82. The van der Waals surface area contributed by atoms with E-state index in [1.807, 2.05) is 12.1 Å². The number of hydrogen-bond acceptors (Lipinski definition) is 3. The van der Waals surface area contributed by atoms with Crippen molar-refractivity contribution in [1.82, 2.24) is 10.2 Å². The third-order valence-corrected chi connectivity index (χ3v) is 5.09. The van der Waals surface area contributed by atoms with Crippen LogP contribution in [0.5, 0.6) is 0 Å². The Labute approximate surface area is 162 Å². The normalized spacial score (nSPS) is 19.4. The SMILES string of the molecule is CC1(c2ccc(F)cc2)NC(=O)N(CC(=O)Nc2ccccc2I)C1=O. The monoisotopic (exact) mass is 467 g/mol. The number of nitrogens with zero attached hydrogens (tertiary/aromatic N) is 1. The Bertz CT molecular complexity index is 888. The Kier molecular flexibility index (Phi) is 4.94. The Morgan fingerprint density at radius 2 is 1.85 bits per heavy atom. The van der Waals surface area contributed by atoms with Crippen LogP contribution >= 0.6 is 22.6 Å². The third-order valence-electron chi connectivity index (χ3n) is 4.15. The molecule has 0 aliphatic carbocycles. The van der Waals surface area contributed by atoms with E-state index in [0.29, 0.717) is 11.3 Å². The van der Waals surface area contributed by atoms with Gasteiger partial charge in [0.05, 0.1) is 5.69 Å². The van der Waals surface area contributed by atoms with Crippen molar-refractivity contribution in [3.63, 3.8) is 0 Å². The van der Waals surface area contributed by atoms with Gasteiger partial charge in [0.15, 0.2) is 0 Å². The molecule has 0 radical (unpaired) electrons. The number of hydrogen-bond donors (Lipinski definition) is 2. The molecular formula is C18H15FIN3O3. The molecule has 2 aromatic rings. The molecule has 134 valence electrons. The molecule has 1 unspecified atom stereocenters. The number of imide groups is 1. The van der Waals surface area contributed by atoms with Crippen LogP contribution in [-0.4, -0.2) is 29.3 Å². The van der Waals surface area contributed by atoms with Gasteiger partial charge in [0.25, 0.3) is 5.91 Å². The molecular weight excluding hydrogens is 452 g/mol. The number of urea groups is 1. The molecule has 4 amide bonds. The van der Waals surface area contributed by atoms with Crippen LogP contribution in [0.1, 0.15) is 12.5 Å². The first kappa shape index (κ1) is 18.3. The summed E-state index contributed by atoms with van der Waals surface area (Å²) in [6.45, 7) is 1.12. The number of carbonyl (C=O) groups excluding carboxylic acids is 3. The van der Waals surface area contributed by atoms with Crippen molar-refractivity contribution in [2.75, 3.05) is 11.9 Å². The first-order valence-corrected chi connectivity index (χ1v) is 8.83. The highest BCUT2D eigenvalue weighted by Crippen LogP contribution is 2.29. The van der Waals surface area contributed by atoms with E-state index in [9.17, 15) is 18.8 Å². The van der Waals surface area contributed by atoms with E-state index in [1.165, 1.54) is 31.2 Å². The third kappa shape index (κ3) is 3.41. The zero-order valence-corrected chi connectivity index (χ0v) is 15.9. The lowest BCUT2D eigenvalue weighted by Gasteiger charge is -2.22. The van der Waals surface area contributed by atoms with Gasteiger partial charge >= 0.3 is 6.03 Å². The fraction of sp³-hybridized carbons (Fsp3) is 0.167. The molecule has 2 N–H and O–H groups in total. The van der Waals surface area contributed by atoms with Crippen molar-refractivity contribution in [3.8, 4) is 0 Å². The van der Waals surface area contributed by atoms with Crippen molar-refractivity contribution in [1.29, 1.82) is 0 Å². The van der Waals surface area contributed by atoms with E-state index in [0.717, 1.165) is 8.47 Å². The number of para-hydroxylation sites is 1. The minimum absolute atomic E-state index is 0.410. The fourth-order valence-electron chi connectivity index (χ4n) is 2.72. The molecule has 1 saturated heterocycles. The Hall–Kier alpha value is -2.49. The summed E-state index contributed by atoms with van der Waals surface area (Å²) >= 11 is 2.08. The summed E-state index contributed by atoms with van der Waals surface area (Å²) in [5, 5.41) is 5.26. The largest absolute Gasteiger partial charge is 0.325 e. The van der Waals surface area contributed by atoms with Crippen molar-refractivity contribution >= 4 is 46.1 Å². The number of amides is 4. The summed E-state index contributed by atoms with van der Waals surface area (Å²) in [4.78, 5) is 38.1. The van der Waals surface area contributed by atoms with Gasteiger partial charge in [-0.25, -0.2) is 9.18 Å².